The Morgan fingerprint density at radius 3 is 2.57 bits per heavy atom. The van der Waals surface area contributed by atoms with E-state index >= 15 is 0 Å². The third-order valence-electron chi connectivity index (χ3n) is 5.63. The number of hydrogen-bond acceptors (Lipinski definition) is 7. The molecule has 1 spiro atoms. The van der Waals surface area contributed by atoms with Gasteiger partial charge in [0.2, 0.25) is 5.91 Å². The van der Waals surface area contributed by atoms with Crippen molar-refractivity contribution in [1.82, 2.24) is 15.3 Å². The first-order valence-electron chi connectivity index (χ1n) is 9.51. The zero-order chi connectivity index (χ0) is 20.7. The third kappa shape index (κ3) is 5.56. The summed E-state index contributed by atoms with van der Waals surface area (Å²) in [6.45, 7) is 3.26. The zero-order valence-corrected chi connectivity index (χ0v) is 17.0. The molecule has 4 atom stereocenters. The number of halogens is 1. The van der Waals surface area contributed by atoms with Crippen LogP contribution in [-0.4, -0.2) is 94.8 Å². The van der Waals surface area contributed by atoms with Gasteiger partial charge in [-0.25, -0.2) is 10.3 Å². The molecule has 159 valence electrons. The molecule has 0 aromatic rings. The van der Waals surface area contributed by atoms with Gasteiger partial charge in [-0.2, -0.15) is 0 Å². The van der Waals surface area contributed by atoms with E-state index in [0.29, 0.717) is 19.5 Å². The van der Waals surface area contributed by atoms with E-state index in [9.17, 15) is 13.9 Å². The number of methoxy groups -OCH3 is 1. The summed E-state index contributed by atoms with van der Waals surface area (Å²) < 4.78 is 32.9. The standard InChI is InChI=1S/C17H30BFN3O6/c1-5-12-15(25-4)13(6-7-17(12)11-26-17)27-16(24)22(3)9-8-21(2)14(23)10-20-28-18-19/h12-13,15,20H,5-11H2,1-4H3/t12?,13?,15?,17-/m0/s1. The molecule has 1 N–H and O–H groups in total. The summed E-state index contributed by atoms with van der Waals surface area (Å²) in [5.41, 5.74) is 2.06. The molecule has 2 amide bonds. The SMILES string of the molecule is CCC1C(OC)C(OC(=O)N(C)CCN(C)C(=O)CNO[B]F)CC[C@]12CO2. The molecule has 1 radical (unpaired) electrons. The molecule has 0 aromatic heterocycles. The van der Waals surface area contributed by atoms with E-state index in [2.05, 4.69) is 17.2 Å². The van der Waals surface area contributed by atoms with Crippen molar-refractivity contribution < 1.29 is 32.9 Å². The fourth-order valence-electron chi connectivity index (χ4n) is 3.80. The quantitative estimate of drug-likeness (QED) is 0.246. The fraction of sp³-hybridized carbons (Fsp3) is 0.882. The maximum absolute atomic E-state index is 12.5. The summed E-state index contributed by atoms with van der Waals surface area (Å²) in [6, 6.07) is 0. The molecule has 2 aliphatic rings. The molecule has 2 rings (SSSR count). The number of ether oxygens (including phenoxy) is 3. The van der Waals surface area contributed by atoms with Crippen molar-refractivity contribution in [2.24, 2.45) is 5.92 Å². The molecule has 1 saturated carbocycles. The largest absolute Gasteiger partial charge is 0.553 e. The summed E-state index contributed by atoms with van der Waals surface area (Å²) in [4.78, 5) is 27.1. The molecule has 1 heterocycles. The van der Waals surface area contributed by atoms with Gasteiger partial charge in [0.15, 0.2) is 0 Å². The molecule has 28 heavy (non-hydrogen) atoms. The lowest BCUT2D eigenvalue weighted by molar-refractivity contribution is -0.130. The van der Waals surface area contributed by atoms with Crippen molar-refractivity contribution in [1.29, 1.82) is 0 Å². The number of nitrogens with zero attached hydrogens (tertiary/aromatic N) is 2. The second-order valence-electron chi connectivity index (χ2n) is 7.29. The van der Waals surface area contributed by atoms with E-state index in [4.69, 9.17) is 14.2 Å². The highest BCUT2D eigenvalue weighted by Gasteiger charge is 2.58. The van der Waals surface area contributed by atoms with Crippen molar-refractivity contribution in [2.45, 2.75) is 44.0 Å². The fourth-order valence-corrected chi connectivity index (χ4v) is 3.80. The van der Waals surface area contributed by atoms with Crippen LogP contribution in [0.5, 0.6) is 0 Å². The Bertz CT molecular complexity index is 539. The normalized spacial score (nSPS) is 28.7. The number of carbonyl (C=O) groups is 2. The number of rotatable bonds is 10. The minimum atomic E-state index is -0.455. The van der Waals surface area contributed by atoms with Crippen LogP contribution in [0.4, 0.5) is 9.11 Å². The number of likely N-dealkylation sites (N-methyl/N-ethyl adjacent to an activating group) is 2. The number of hydrogen-bond donors (Lipinski definition) is 1. The van der Waals surface area contributed by atoms with Crippen molar-refractivity contribution >= 4 is 19.8 Å². The van der Waals surface area contributed by atoms with E-state index in [0.717, 1.165) is 19.4 Å². The predicted molar refractivity (Wildman–Crippen MR) is 99.0 cm³/mol. The lowest BCUT2D eigenvalue weighted by Gasteiger charge is -2.40. The van der Waals surface area contributed by atoms with E-state index < -0.39 is 6.09 Å². The molecule has 1 saturated heterocycles. The second kappa shape index (κ2) is 10.4. The van der Waals surface area contributed by atoms with Gasteiger partial charge in [0.25, 0.3) is 0 Å². The van der Waals surface area contributed by atoms with Gasteiger partial charge in [-0.3, -0.25) is 9.11 Å². The molecule has 1 aliphatic carbocycles. The Kier molecular flexibility index (Phi) is 8.47. The third-order valence-corrected chi connectivity index (χ3v) is 5.63. The van der Waals surface area contributed by atoms with Gasteiger partial charge in [0.05, 0.1) is 24.9 Å². The molecule has 2 fully saturated rings. The average molecular weight is 402 g/mol. The van der Waals surface area contributed by atoms with E-state index in [1.54, 1.807) is 21.2 Å². The van der Waals surface area contributed by atoms with Gasteiger partial charge in [-0.05, 0) is 19.3 Å². The number of hydroxylamine groups is 1. The summed E-state index contributed by atoms with van der Waals surface area (Å²) in [5.74, 6) is -0.0924. The smallest absolute Gasteiger partial charge is 0.443 e. The van der Waals surface area contributed by atoms with Crippen LogP contribution >= 0.6 is 0 Å². The highest BCUT2D eigenvalue weighted by molar-refractivity contribution is 6.16. The number of amides is 2. The Balaban J connectivity index is 1.79. The number of carbonyl (C=O) groups excluding carboxylic acids is 2. The topological polar surface area (TPSA) is 92.9 Å². The Morgan fingerprint density at radius 2 is 2.00 bits per heavy atom. The van der Waals surface area contributed by atoms with Crippen molar-refractivity contribution in [3.8, 4) is 0 Å². The average Bonchev–Trinajstić information content (AvgIpc) is 3.46. The molecule has 11 heteroatoms. The Labute approximate surface area is 166 Å². The van der Waals surface area contributed by atoms with Crippen LogP contribution in [0.15, 0.2) is 0 Å². The van der Waals surface area contributed by atoms with Gasteiger partial charge >= 0.3 is 13.9 Å². The molecule has 0 aromatic carbocycles. The molecular weight excluding hydrogens is 372 g/mol. The van der Waals surface area contributed by atoms with Crippen molar-refractivity contribution in [3.05, 3.63) is 0 Å². The molecule has 9 nitrogen and oxygen atoms in total. The summed E-state index contributed by atoms with van der Waals surface area (Å²) in [7, 11) is 4.80. The molecule has 0 bridgehead atoms. The zero-order valence-electron chi connectivity index (χ0n) is 17.0. The highest BCUT2D eigenvalue weighted by atomic mass is 19.1. The number of epoxide rings is 1. The van der Waals surface area contributed by atoms with Crippen LogP contribution in [0, 0.1) is 5.92 Å². The second-order valence-corrected chi connectivity index (χ2v) is 7.29. The highest BCUT2D eigenvalue weighted by Crippen LogP contribution is 2.49. The number of nitrogens with one attached hydrogen (secondary N) is 1. The minimum Gasteiger partial charge on any atom is -0.443 e. The van der Waals surface area contributed by atoms with Crippen molar-refractivity contribution in [3.63, 3.8) is 0 Å². The van der Waals surface area contributed by atoms with Gasteiger partial charge < -0.3 is 28.8 Å². The minimum absolute atomic E-state index is 0.0457. The lowest BCUT2D eigenvalue weighted by Crippen LogP contribution is -2.51. The van der Waals surface area contributed by atoms with Crippen LogP contribution in [0.25, 0.3) is 0 Å². The van der Waals surface area contributed by atoms with Gasteiger partial charge in [0, 0.05) is 40.2 Å². The van der Waals surface area contributed by atoms with Gasteiger partial charge in [0.1, 0.15) is 6.10 Å². The summed E-state index contributed by atoms with van der Waals surface area (Å²) >= 11 is 0. The Morgan fingerprint density at radius 1 is 1.32 bits per heavy atom. The van der Waals surface area contributed by atoms with E-state index in [1.165, 1.54) is 9.80 Å². The van der Waals surface area contributed by atoms with Crippen LogP contribution in [-0.2, 0) is 23.8 Å². The van der Waals surface area contributed by atoms with Gasteiger partial charge in [-0.15, -0.1) is 0 Å². The maximum atomic E-state index is 12.5. The summed E-state index contributed by atoms with van der Waals surface area (Å²) in [6.07, 6.45) is 1.48. The monoisotopic (exact) mass is 402 g/mol. The van der Waals surface area contributed by atoms with E-state index in [-0.39, 0.29) is 43.9 Å². The van der Waals surface area contributed by atoms with Crippen LogP contribution in [0.1, 0.15) is 26.2 Å². The van der Waals surface area contributed by atoms with E-state index in [1.807, 2.05) is 0 Å². The van der Waals surface area contributed by atoms with Gasteiger partial charge in [-0.1, -0.05) is 6.92 Å². The molecule has 1 aliphatic heterocycles. The first-order valence-corrected chi connectivity index (χ1v) is 9.51. The first-order chi connectivity index (χ1) is 13.4. The first kappa shape index (κ1) is 22.9. The van der Waals surface area contributed by atoms with Crippen LogP contribution < -0.4 is 5.48 Å². The lowest BCUT2D eigenvalue weighted by atomic mass is 9.74. The molecule has 3 unspecified atom stereocenters. The maximum Gasteiger partial charge on any atom is 0.553 e. The summed E-state index contributed by atoms with van der Waals surface area (Å²) in [5, 5.41) is 0. The Hall–Kier alpha value is -1.43. The molecular formula is C17H30BFN3O6. The van der Waals surface area contributed by atoms with Crippen molar-refractivity contribution in [2.75, 3.05) is 47.4 Å². The predicted octanol–water partition coefficient (Wildman–Crippen LogP) is 0.511. The van der Waals surface area contributed by atoms with Crippen LogP contribution in [0.3, 0.4) is 0 Å². The van der Waals surface area contributed by atoms with Crippen LogP contribution in [0.2, 0.25) is 0 Å².